The highest BCUT2D eigenvalue weighted by atomic mass is 127. The highest BCUT2D eigenvalue weighted by Gasteiger charge is 2.45. The number of nitrogens with one attached hydrogen (secondary N) is 1. The van der Waals surface area contributed by atoms with Crippen LogP contribution < -0.4 is 10.2 Å². The summed E-state index contributed by atoms with van der Waals surface area (Å²) in [7, 11) is 0. The molecule has 0 bridgehead atoms. The van der Waals surface area contributed by atoms with E-state index in [4.69, 9.17) is 5.53 Å². The molecule has 0 atom stereocenters. The van der Waals surface area contributed by atoms with Gasteiger partial charge in [-0.25, -0.2) is 8.78 Å². The topological polar surface area (TPSA) is 98.2 Å². The maximum Gasteiger partial charge on any atom is 0.251 e. The van der Waals surface area contributed by atoms with E-state index in [1.807, 2.05) is 0 Å². The molecule has 1 aliphatic heterocycles. The van der Waals surface area contributed by atoms with Gasteiger partial charge in [0.25, 0.3) is 5.91 Å². The smallest absolute Gasteiger partial charge is 0.251 e. The average Bonchev–Trinajstić information content (AvgIpc) is 2.98. The normalized spacial score (nSPS) is 13.9. The summed E-state index contributed by atoms with van der Waals surface area (Å²) >= 11 is 2.10. The number of halogens is 3. The predicted octanol–water partition coefficient (Wildman–Crippen LogP) is 6.27. The van der Waals surface area contributed by atoms with Gasteiger partial charge in [-0.15, -0.1) is 0 Å². The molecule has 0 saturated heterocycles. The van der Waals surface area contributed by atoms with Gasteiger partial charge in [-0.3, -0.25) is 9.59 Å². The van der Waals surface area contributed by atoms with Crippen LogP contribution >= 0.6 is 22.6 Å². The number of carbonyl (C=O) groups is 2. The molecule has 1 aliphatic rings. The van der Waals surface area contributed by atoms with Gasteiger partial charge in [0.2, 0.25) is 5.91 Å². The number of nitrogens with zero attached hydrogens (tertiary/aromatic N) is 4. The van der Waals surface area contributed by atoms with Crippen LogP contribution in [0.25, 0.3) is 10.4 Å². The van der Waals surface area contributed by atoms with E-state index in [1.54, 1.807) is 50.2 Å². The molecule has 1 heterocycles. The first-order chi connectivity index (χ1) is 16.6. The highest BCUT2D eigenvalue weighted by Crippen LogP contribution is 2.45. The minimum absolute atomic E-state index is 0.0252. The average molecular weight is 587 g/mol. The third-order valence-electron chi connectivity index (χ3n) is 5.84. The summed E-state index contributed by atoms with van der Waals surface area (Å²) in [6, 6.07) is 13.3. The monoisotopic (exact) mass is 587 g/mol. The van der Waals surface area contributed by atoms with Crippen molar-refractivity contribution in [1.29, 1.82) is 0 Å². The van der Waals surface area contributed by atoms with Gasteiger partial charge in [0.05, 0.1) is 17.6 Å². The van der Waals surface area contributed by atoms with Gasteiger partial charge in [-0.1, -0.05) is 29.4 Å². The van der Waals surface area contributed by atoms with Crippen LogP contribution in [0.1, 0.15) is 40.9 Å². The molecule has 0 unspecified atom stereocenters. The maximum absolute atomic E-state index is 13.7. The van der Waals surface area contributed by atoms with E-state index in [0.29, 0.717) is 22.5 Å². The molecule has 1 N–H and O–H groups in total. The summed E-state index contributed by atoms with van der Waals surface area (Å²) in [6.45, 7) is 3.81. The molecule has 0 radical (unpaired) electrons. The Labute approximate surface area is 213 Å². The third-order valence-corrected chi connectivity index (χ3v) is 6.69. The van der Waals surface area contributed by atoms with Gasteiger partial charge in [-0.05, 0) is 77.4 Å². The van der Waals surface area contributed by atoms with Crippen molar-refractivity contribution in [1.82, 2.24) is 5.32 Å². The fraction of sp³-hybridized carbons (Fsp3) is 0.200. The van der Waals surface area contributed by atoms with Crippen molar-refractivity contribution in [3.05, 3.63) is 102 Å². The number of hydrogen-bond acceptors (Lipinski definition) is 3. The SMILES string of the molecule is CC1(C)C(=O)N(Cc2cc(F)cc(F)c2)c2cc(C(=O)NCc3ccc(N=[N+]=[N-])cc3)cc(I)c21. The van der Waals surface area contributed by atoms with Crippen molar-refractivity contribution in [2.24, 2.45) is 5.11 Å². The Balaban J connectivity index is 1.61. The predicted molar refractivity (Wildman–Crippen MR) is 136 cm³/mol. The molecule has 178 valence electrons. The van der Waals surface area contributed by atoms with Gasteiger partial charge in [0.1, 0.15) is 11.6 Å². The lowest BCUT2D eigenvalue weighted by Crippen LogP contribution is -2.36. The molecule has 2 amide bonds. The van der Waals surface area contributed by atoms with Gasteiger partial charge >= 0.3 is 0 Å². The third kappa shape index (κ3) is 4.98. The van der Waals surface area contributed by atoms with Crippen molar-refractivity contribution in [2.75, 3.05) is 4.90 Å². The summed E-state index contributed by atoms with van der Waals surface area (Å²) in [5.74, 6) is -1.99. The van der Waals surface area contributed by atoms with Gasteiger partial charge in [-0.2, -0.15) is 0 Å². The van der Waals surface area contributed by atoms with Crippen molar-refractivity contribution in [3.63, 3.8) is 0 Å². The quantitative estimate of drug-likeness (QED) is 0.159. The second kappa shape index (κ2) is 9.63. The van der Waals surface area contributed by atoms with Crippen LogP contribution in [0.2, 0.25) is 0 Å². The molecule has 35 heavy (non-hydrogen) atoms. The van der Waals surface area contributed by atoms with Crippen LogP contribution in [-0.2, 0) is 23.3 Å². The zero-order valence-electron chi connectivity index (χ0n) is 18.8. The molecule has 3 aromatic carbocycles. The molecule has 4 rings (SSSR count). The summed E-state index contributed by atoms with van der Waals surface area (Å²) in [5, 5.41) is 6.36. The summed E-state index contributed by atoms with van der Waals surface area (Å²) in [4.78, 5) is 30.4. The van der Waals surface area contributed by atoms with E-state index in [-0.39, 0.29) is 24.9 Å². The van der Waals surface area contributed by atoms with Gasteiger partial charge < -0.3 is 10.2 Å². The lowest BCUT2D eigenvalue weighted by atomic mass is 9.86. The van der Waals surface area contributed by atoms with Crippen LogP contribution in [0.3, 0.4) is 0 Å². The molecule has 0 spiro atoms. The summed E-state index contributed by atoms with van der Waals surface area (Å²) < 4.78 is 28.2. The van der Waals surface area contributed by atoms with Crippen LogP contribution in [0.5, 0.6) is 0 Å². The second-order valence-electron chi connectivity index (χ2n) is 8.68. The first kappa shape index (κ1) is 24.6. The van der Waals surface area contributed by atoms with Gasteiger partial charge in [0.15, 0.2) is 0 Å². The standard InChI is InChI=1S/C25H20F2IN5O2/c1-25(2)22-20(28)9-16(23(34)30-12-14-3-5-19(6-4-14)31-32-29)10-21(22)33(24(25)35)13-15-7-17(26)11-18(27)8-15/h3-11H,12-13H2,1-2H3,(H,30,34). The van der Waals surface area contributed by atoms with E-state index in [0.717, 1.165) is 20.8 Å². The number of hydrogen-bond donors (Lipinski definition) is 1. The van der Waals surface area contributed by atoms with Gasteiger partial charge in [0, 0.05) is 37.9 Å². The molecule has 7 nitrogen and oxygen atoms in total. The number of rotatable bonds is 6. The molecule has 0 aromatic heterocycles. The molecular weight excluding hydrogens is 567 g/mol. The Morgan fingerprint density at radius 3 is 2.37 bits per heavy atom. The lowest BCUT2D eigenvalue weighted by molar-refractivity contribution is -0.122. The number of benzene rings is 3. The Morgan fingerprint density at radius 2 is 1.74 bits per heavy atom. The van der Waals surface area contributed by atoms with Crippen LogP contribution in [0.4, 0.5) is 20.2 Å². The first-order valence-electron chi connectivity index (χ1n) is 10.6. The highest BCUT2D eigenvalue weighted by molar-refractivity contribution is 14.1. The minimum Gasteiger partial charge on any atom is -0.348 e. The fourth-order valence-electron chi connectivity index (χ4n) is 4.17. The molecule has 10 heteroatoms. The molecule has 0 saturated carbocycles. The van der Waals surface area contributed by atoms with Crippen LogP contribution in [-0.4, -0.2) is 11.8 Å². The largest absolute Gasteiger partial charge is 0.348 e. The van der Waals surface area contributed by atoms with Crippen molar-refractivity contribution >= 4 is 45.8 Å². The van der Waals surface area contributed by atoms with Crippen LogP contribution in [0.15, 0.2) is 59.7 Å². The van der Waals surface area contributed by atoms with E-state index in [2.05, 4.69) is 37.9 Å². The summed E-state index contributed by atoms with van der Waals surface area (Å²) in [6.07, 6.45) is 0. The van der Waals surface area contributed by atoms with E-state index < -0.39 is 17.0 Å². The minimum atomic E-state index is -0.861. The maximum atomic E-state index is 13.7. The number of azide groups is 1. The van der Waals surface area contributed by atoms with E-state index >= 15 is 0 Å². The lowest BCUT2D eigenvalue weighted by Gasteiger charge is -2.20. The molecule has 3 aromatic rings. The number of amides is 2. The number of anilines is 1. The molecular formula is C25H20F2IN5O2. The van der Waals surface area contributed by atoms with Crippen molar-refractivity contribution in [3.8, 4) is 0 Å². The summed E-state index contributed by atoms with van der Waals surface area (Å²) in [5.41, 5.74) is 10.9. The van der Waals surface area contributed by atoms with Crippen molar-refractivity contribution in [2.45, 2.75) is 32.4 Å². The number of fused-ring (bicyclic) bond motifs is 1. The number of carbonyl (C=O) groups excluding carboxylic acids is 2. The Bertz CT molecular complexity index is 1370. The second-order valence-corrected chi connectivity index (χ2v) is 9.85. The zero-order valence-corrected chi connectivity index (χ0v) is 21.0. The first-order valence-corrected chi connectivity index (χ1v) is 11.7. The van der Waals surface area contributed by atoms with E-state index in [1.165, 1.54) is 17.0 Å². The Morgan fingerprint density at radius 1 is 1.09 bits per heavy atom. The van der Waals surface area contributed by atoms with Crippen LogP contribution in [0, 0.1) is 15.2 Å². The van der Waals surface area contributed by atoms with E-state index in [9.17, 15) is 18.4 Å². The molecule has 0 fully saturated rings. The molecule has 0 aliphatic carbocycles. The Kier molecular flexibility index (Phi) is 6.77. The Hall–Kier alpha value is -3.50. The zero-order chi connectivity index (χ0) is 25.3. The van der Waals surface area contributed by atoms with Crippen molar-refractivity contribution < 1.29 is 18.4 Å². The fourth-order valence-corrected chi connectivity index (χ4v) is 5.45.